The van der Waals surface area contributed by atoms with Gasteiger partial charge < -0.3 is 19.9 Å². The second-order valence-electron chi connectivity index (χ2n) is 3.42. The lowest BCUT2D eigenvalue weighted by atomic mass is 10.1. The van der Waals surface area contributed by atoms with Gasteiger partial charge in [0.1, 0.15) is 0 Å². The number of ether oxygens (including phenoxy) is 3. The van der Waals surface area contributed by atoms with Crippen LogP contribution < -0.4 is 19.9 Å². The lowest BCUT2D eigenvalue weighted by Gasteiger charge is -2.07. The zero-order valence-electron chi connectivity index (χ0n) is 8.79. The van der Waals surface area contributed by atoms with Gasteiger partial charge in [0.05, 0.1) is 7.11 Å². The van der Waals surface area contributed by atoms with E-state index < -0.39 is 0 Å². The quantitative estimate of drug-likeness (QED) is 0.812. The SMILES string of the molecule is COc1cc(CCCN)cc2c1OCO2. The largest absolute Gasteiger partial charge is 0.493 e. The Kier molecular flexibility index (Phi) is 2.97. The van der Waals surface area contributed by atoms with E-state index in [0.29, 0.717) is 12.3 Å². The third-order valence-corrected chi connectivity index (χ3v) is 2.39. The Hall–Kier alpha value is -1.42. The molecule has 1 aliphatic rings. The molecule has 1 aliphatic heterocycles. The van der Waals surface area contributed by atoms with Gasteiger partial charge in [-0.3, -0.25) is 0 Å². The van der Waals surface area contributed by atoms with Gasteiger partial charge in [0.2, 0.25) is 12.5 Å². The zero-order chi connectivity index (χ0) is 10.7. The average Bonchev–Trinajstić information content (AvgIpc) is 2.73. The van der Waals surface area contributed by atoms with Gasteiger partial charge in [-0.1, -0.05) is 0 Å². The van der Waals surface area contributed by atoms with Crippen molar-refractivity contribution in [2.45, 2.75) is 12.8 Å². The minimum atomic E-state index is 0.270. The van der Waals surface area contributed by atoms with Crippen molar-refractivity contribution in [2.75, 3.05) is 20.4 Å². The van der Waals surface area contributed by atoms with Gasteiger partial charge in [0, 0.05) is 0 Å². The van der Waals surface area contributed by atoms with Crippen molar-refractivity contribution in [3.63, 3.8) is 0 Å². The van der Waals surface area contributed by atoms with E-state index in [0.717, 1.165) is 24.3 Å². The molecule has 82 valence electrons. The van der Waals surface area contributed by atoms with E-state index in [-0.39, 0.29) is 6.79 Å². The van der Waals surface area contributed by atoms with Crippen molar-refractivity contribution < 1.29 is 14.2 Å². The van der Waals surface area contributed by atoms with Gasteiger partial charge in [0.15, 0.2) is 11.5 Å². The second-order valence-corrected chi connectivity index (χ2v) is 3.42. The van der Waals surface area contributed by atoms with Gasteiger partial charge >= 0.3 is 0 Å². The van der Waals surface area contributed by atoms with Gasteiger partial charge in [-0.25, -0.2) is 0 Å². The van der Waals surface area contributed by atoms with Crippen LogP contribution >= 0.6 is 0 Å². The molecule has 0 saturated carbocycles. The van der Waals surface area contributed by atoms with Crippen LogP contribution in [0.5, 0.6) is 17.2 Å². The Morgan fingerprint density at radius 2 is 2.27 bits per heavy atom. The first-order valence-electron chi connectivity index (χ1n) is 5.01. The Morgan fingerprint density at radius 3 is 3.00 bits per heavy atom. The zero-order valence-corrected chi connectivity index (χ0v) is 8.79. The van der Waals surface area contributed by atoms with E-state index in [1.807, 2.05) is 12.1 Å². The minimum absolute atomic E-state index is 0.270. The third-order valence-electron chi connectivity index (χ3n) is 2.39. The van der Waals surface area contributed by atoms with Crippen LogP contribution in [0, 0.1) is 0 Å². The van der Waals surface area contributed by atoms with Crippen molar-refractivity contribution in [1.29, 1.82) is 0 Å². The maximum atomic E-state index is 5.47. The van der Waals surface area contributed by atoms with E-state index in [4.69, 9.17) is 19.9 Å². The Bertz CT molecular complexity index is 352. The molecule has 0 unspecified atom stereocenters. The van der Waals surface area contributed by atoms with Gasteiger partial charge in [0.25, 0.3) is 0 Å². The molecule has 1 aromatic carbocycles. The maximum Gasteiger partial charge on any atom is 0.231 e. The molecule has 0 radical (unpaired) electrons. The molecule has 0 aromatic heterocycles. The van der Waals surface area contributed by atoms with Crippen LogP contribution in [-0.4, -0.2) is 20.4 Å². The van der Waals surface area contributed by atoms with E-state index in [1.54, 1.807) is 7.11 Å². The molecule has 1 heterocycles. The number of fused-ring (bicyclic) bond motifs is 1. The molecule has 0 fully saturated rings. The highest BCUT2D eigenvalue weighted by atomic mass is 16.7. The molecule has 4 heteroatoms. The maximum absolute atomic E-state index is 5.47. The Balaban J connectivity index is 2.26. The number of benzene rings is 1. The fraction of sp³-hybridized carbons (Fsp3) is 0.455. The molecule has 4 nitrogen and oxygen atoms in total. The molecule has 15 heavy (non-hydrogen) atoms. The smallest absolute Gasteiger partial charge is 0.231 e. The fourth-order valence-electron chi connectivity index (χ4n) is 1.63. The molecule has 0 aliphatic carbocycles. The molecule has 2 rings (SSSR count). The summed E-state index contributed by atoms with van der Waals surface area (Å²) in [5.41, 5.74) is 6.64. The molecule has 1 aromatic rings. The highest BCUT2D eigenvalue weighted by Gasteiger charge is 2.19. The van der Waals surface area contributed by atoms with E-state index in [1.165, 1.54) is 5.56 Å². The Labute approximate surface area is 88.9 Å². The molecule has 0 bridgehead atoms. The van der Waals surface area contributed by atoms with Crippen LogP contribution in [0.15, 0.2) is 12.1 Å². The molecule has 0 spiro atoms. The number of hydrogen-bond acceptors (Lipinski definition) is 4. The monoisotopic (exact) mass is 209 g/mol. The van der Waals surface area contributed by atoms with Crippen LogP contribution in [0.1, 0.15) is 12.0 Å². The number of rotatable bonds is 4. The van der Waals surface area contributed by atoms with Crippen molar-refractivity contribution >= 4 is 0 Å². The number of nitrogens with two attached hydrogens (primary N) is 1. The molecule has 2 N–H and O–H groups in total. The van der Waals surface area contributed by atoms with Gasteiger partial charge in [-0.05, 0) is 37.1 Å². The van der Waals surface area contributed by atoms with Crippen molar-refractivity contribution in [3.05, 3.63) is 17.7 Å². The highest BCUT2D eigenvalue weighted by molar-refractivity contribution is 5.55. The summed E-state index contributed by atoms with van der Waals surface area (Å²) in [4.78, 5) is 0. The lowest BCUT2D eigenvalue weighted by molar-refractivity contribution is 0.171. The minimum Gasteiger partial charge on any atom is -0.493 e. The summed E-state index contributed by atoms with van der Waals surface area (Å²) >= 11 is 0. The van der Waals surface area contributed by atoms with Crippen LogP contribution in [0.25, 0.3) is 0 Å². The van der Waals surface area contributed by atoms with E-state index in [2.05, 4.69) is 0 Å². The van der Waals surface area contributed by atoms with Gasteiger partial charge in [-0.2, -0.15) is 0 Å². The first-order valence-corrected chi connectivity index (χ1v) is 5.01. The summed E-state index contributed by atoms with van der Waals surface area (Å²) < 4.78 is 15.9. The van der Waals surface area contributed by atoms with Crippen LogP contribution in [0.3, 0.4) is 0 Å². The molecular weight excluding hydrogens is 194 g/mol. The van der Waals surface area contributed by atoms with E-state index >= 15 is 0 Å². The number of hydrogen-bond donors (Lipinski definition) is 1. The molecule has 0 amide bonds. The summed E-state index contributed by atoms with van der Waals surface area (Å²) in [5.74, 6) is 2.20. The standard InChI is InChI=1S/C11H15NO3/c1-13-9-5-8(3-2-4-12)6-10-11(9)15-7-14-10/h5-6H,2-4,7,12H2,1H3. The predicted octanol–water partition coefficient (Wildman–Crippen LogP) is 1.32. The van der Waals surface area contributed by atoms with Crippen LogP contribution in [0.4, 0.5) is 0 Å². The summed E-state index contributed by atoms with van der Waals surface area (Å²) in [7, 11) is 1.63. The summed E-state index contributed by atoms with van der Waals surface area (Å²) in [6.07, 6.45) is 1.90. The number of methoxy groups -OCH3 is 1. The average molecular weight is 209 g/mol. The summed E-state index contributed by atoms with van der Waals surface area (Å²) in [6.45, 7) is 0.961. The predicted molar refractivity (Wildman–Crippen MR) is 56.5 cm³/mol. The summed E-state index contributed by atoms with van der Waals surface area (Å²) in [5, 5.41) is 0. The van der Waals surface area contributed by atoms with Gasteiger partial charge in [-0.15, -0.1) is 0 Å². The van der Waals surface area contributed by atoms with Crippen molar-refractivity contribution in [1.82, 2.24) is 0 Å². The molecular formula is C11H15NO3. The second kappa shape index (κ2) is 4.40. The van der Waals surface area contributed by atoms with Crippen molar-refractivity contribution in [3.8, 4) is 17.2 Å². The lowest BCUT2D eigenvalue weighted by Crippen LogP contribution is -2.00. The molecule has 0 saturated heterocycles. The normalized spacial score (nSPS) is 12.9. The Morgan fingerprint density at radius 1 is 1.40 bits per heavy atom. The van der Waals surface area contributed by atoms with Crippen LogP contribution in [0.2, 0.25) is 0 Å². The van der Waals surface area contributed by atoms with E-state index in [9.17, 15) is 0 Å². The highest BCUT2D eigenvalue weighted by Crippen LogP contribution is 2.41. The fourth-order valence-corrected chi connectivity index (χ4v) is 1.63. The summed E-state index contributed by atoms with van der Waals surface area (Å²) in [6, 6.07) is 3.96. The topological polar surface area (TPSA) is 53.7 Å². The first-order chi connectivity index (χ1) is 7.35. The first kappa shape index (κ1) is 10.1. The van der Waals surface area contributed by atoms with Crippen LogP contribution in [-0.2, 0) is 6.42 Å². The molecule has 0 atom stereocenters. The van der Waals surface area contributed by atoms with Crippen molar-refractivity contribution in [2.24, 2.45) is 5.73 Å². The third kappa shape index (κ3) is 1.99. The number of aryl methyl sites for hydroxylation is 1.